The van der Waals surface area contributed by atoms with Crippen molar-refractivity contribution in [3.8, 4) is 0 Å². The van der Waals surface area contributed by atoms with Crippen molar-refractivity contribution in [1.29, 1.82) is 0 Å². The van der Waals surface area contributed by atoms with Gasteiger partial charge in [-0.05, 0) is 49.0 Å². The number of amides is 1. The fourth-order valence-electron chi connectivity index (χ4n) is 3.19. The maximum Gasteiger partial charge on any atom is 0.227 e. The minimum Gasteiger partial charge on any atom is -0.342 e. The molecular formula is C15H20Cl2N2O. The van der Waals surface area contributed by atoms with Gasteiger partial charge in [-0.2, -0.15) is 0 Å². The minimum absolute atomic E-state index is 0. The Balaban J connectivity index is 0.00000147. The van der Waals surface area contributed by atoms with E-state index >= 15 is 0 Å². The second-order valence-corrected chi connectivity index (χ2v) is 6.05. The average molecular weight is 315 g/mol. The van der Waals surface area contributed by atoms with Crippen LogP contribution in [0.15, 0.2) is 24.3 Å². The van der Waals surface area contributed by atoms with Gasteiger partial charge in [0.25, 0.3) is 0 Å². The second-order valence-electron chi connectivity index (χ2n) is 5.61. The van der Waals surface area contributed by atoms with Gasteiger partial charge in [0.05, 0.1) is 6.42 Å². The van der Waals surface area contributed by atoms with Crippen LogP contribution in [0.4, 0.5) is 0 Å². The zero-order valence-corrected chi connectivity index (χ0v) is 12.9. The third-order valence-electron chi connectivity index (χ3n) is 4.30. The third-order valence-corrected chi connectivity index (χ3v) is 4.54. The molecule has 1 aromatic rings. The lowest BCUT2D eigenvalue weighted by Gasteiger charge is -2.34. The molecule has 5 heteroatoms. The topological polar surface area (TPSA) is 32.3 Å². The Labute approximate surface area is 131 Å². The molecule has 2 aliphatic rings. The number of benzene rings is 1. The van der Waals surface area contributed by atoms with Crippen molar-refractivity contribution in [1.82, 2.24) is 10.2 Å². The van der Waals surface area contributed by atoms with E-state index in [-0.39, 0.29) is 18.3 Å². The minimum atomic E-state index is 0. The highest BCUT2D eigenvalue weighted by molar-refractivity contribution is 6.30. The zero-order chi connectivity index (χ0) is 13.2. The van der Waals surface area contributed by atoms with E-state index < -0.39 is 0 Å². The summed E-state index contributed by atoms with van der Waals surface area (Å²) in [5.74, 6) is 1.65. The molecule has 0 aromatic heterocycles. The highest BCUT2D eigenvalue weighted by atomic mass is 35.5. The molecule has 0 saturated carbocycles. The summed E-state index contributed by atoms with van der Waals surface area (Å²) in [6, 6.07) is 7.58. The Bertz CT molecular complexity index is 481. The molecule has 2 heterocycles. The lowest BCUT2D eigenvalue weighted by atomic mass is 9.88. The van der Waals surface area contributed by atoms with Gasteiger partial charge in [0, 0.05) is 18.1 Å². The van der Waals surface area contributed by atoms with Crippen LogP contribution in [0, 0.1) is 11.8 Å². The van der Waals surface area contributed by atoms with E-state index in [2.05, 4.69) is 5.32 Å². The van der Waals surface area contributed by atoms with Crippen LogP contribution in [0.5, 0.6) is 0 Å². The molecule has 0 aliphatic carbocycles. The Hall–Kier alpha value is -0.770. The smallest absolute Gasteiger partial charge is 0.227 e. The number of piperidine rings is 1. The molecule has 1 aromatic carbocycles. The van der Waals surface area contributed by atoms with E-state index in [1.807, 2.05) is 29.2 Å². The number of fused-ring (bicyclic) bond motifs is 1. The van der Waals surface area contributed by atoms with Crippen molar-refractivity contribution >= 4 is 29.9 Å². The number of likely N-dealkylation sites (tertiary alicyclic amines) is 1. The van der Waals surface area contributed by atoms with Gasteiger partial charge in [0.1, 0.15) is 0 Å². The predicted octanol–water partition coefficient (Wildman–Crippen LogP) is 2.37. The first-order valence-corrected chi connectivity index (χ1v) is 7.33. The molecule has 0 bridgehead atoms. The Morgan fingerprint density at radius 2 is 2.15 bits per heavy atom. The lowest BCUT2D eigenvalue weighted by Crippen LogP contribution is -2.44. The predicted molar refractivity (Wildman–Crippen MR) is 83.5 cm³/mol. The number of rotatable bonds is 2. The molecule has 1 amide bonds. The first-order chi connectivity index (χ1) is 9.22. The maximum absolute atomic E-state index is 12.3. The summed E-state index contributed by atoms with van der Waals surface area (Å²) in [5.41, 5.74) is 1.00. The van der Waals surface area contributed by atoms with Crippen molar-refractivity contribution in [3.05, 3.63) is 34.9 Å². The molecule has 2 fully saturated rings. The van der Waals surface area contributed by atoms with Crippen LogP contribution < -0.4 is 5.32 Å². The van der Waals surface area contributed by atoms with Crippen molar-refractivity contribution in [2.75, 3.05) is 26.2 Å². The highest BCUT2D eigenvalue weighted by Gasteiger charge is 2.34. The van der Waals surface area contributed by atoms with Gasteiger partial charge in [-0.15, -0.1) is 12.4 Å². The number of halogens is 2. The molecule has 1 N–H and O–H groups in total. The summed E-state index contributed by atoms with van der Waals surface area (Å²) in [6.45, 7) is 4.01. The monoisotopic (exact) mass is 314 g/mol. The van der Waals surface area contributed by atoms with E-state index in [1.165, 1.54) is 0 Å². The summed E-state index contributed by atoms with van der Waals surface area (Å²) >= 11 is 5.95. The van der Waals surface area contributed by atoms with Crippen LogP contribution >= 0.6 is 24.0 Å². The third kappa shape index (κ3) is 3.46. The highest BCUT2D eigenvalue weighted by Crippen LogP contribution is 2.26. The largest absolute Gasteiger partial charge is 0.342 e. The van der Waals surface area contributed by atoms with Gasteiger partial charge in [0.15, 0.2) is 0 Å². The van der Waals surface area contributed by atoms with E-state index in [4.69, 9.17) is 11.6 Å². The molecule has 20 heavy (non-hydrogen) atoms. The van der Waals surface area contributed by atoms with Crippen molar-refractivity contribution in [2.24, 2.45) is 11.8 Å². The Morgan fingerprint density at radius 1 is 1.35 bits per heavy atom. The van der Waals surface area contributed by atoms with Gasteiger partial charge >= 0.3 is 0 Å². The van der Waals surface area contributed by atoms with Crippen LogP contribution in [0.2, 0.25) is 5.02 Å². The molecule has 0 spiro atoms. The van der Waals surface area contributed by atoms with E-state index in [0.29, 0.717) is 17.4 Å². The Kier molecular flexibility index (Phi) is 5.30. The van der Waals surface area contributed by atoms with Crippen molar-refractivity contribution in [2.45, 2.75) is 12.8 Å². The van der Waals surface area contributed by atoms with E-state index in [9.17, 15) is 4.79 Å². The average Bonchev–Trinajstić information content (AvgIpc) is 2.85. The molecule has 2 aliphatic heterocycles. The van der Waals surface area contributed by atoms with Crippen LogP contribution in [-0.2, 0) is 11.2 Å². The van der Waals surface area contributed by atoms with E-state index in [0.717, 1.165) is 44.1 Å². The standard InChI is InChI=1S/C15H19ClN2O.ClH/c16-14-3-1-2-11(6-14)7-15(19)18-5-4-12-8-17-9-13(12)10-18;/h1-3,6,12-13,17H,4-5,7-10H2;1H. The van der Waals surface area contributed by atoms with Gasteiger partial charge in [-0.25, -0.2) is 0 Å². The number of nitrogens with zero attached hydrogens (tertiary/aromatic N) is 1. The number of carbonyl (C=O) groups is 1. The summed E-state index contributed by atoms with van der Waals surface area (Å²) in [7, 11) is 0. The molecular weight excluding hydrogens is 295 g/mol. The van der Waals surface area contributed by atoms with Crippen molar-refractivity contribution < 1.29 is 4.79 Å². The molecule has 110 valence electrons. The molecule has 0 radical (unpaired) electrons. The van der Waals surface area contributed by atoms with Gasteiger partial charge in [0.2, 0.25) is 5.91 Å². The number of carbonyl (C=O) groups excluding carboxylic acids is 1. The fourth-order valence-corrected chi connectivity index (χ4v) is 3.41. The van der Waals surface area contributed by atoms with Crippen LogP contribution in [0.3, 0.4) is 0 Å². The van der Waals surface area contributed by atoms with Crippen LogP contribution in [0.25, 0.3) is 0 Å². The number of hydrogen-bond acceptors (Lipinski definition) is 2. The molecule has 3 nitrogen and oxygen atoms in total. The van der Waals surface area contributed by atoms with Crippen LogP contribution in [-0.4, -0.2) is 37.0 Å². The van der Waals surface area contributed by atoms with Gasteiger partial charge in [-0.3, -0.25) is 4.79 Å². The van der Waals surface area contributed by atoms with Gasteiger partial charge in [-0.1, -0.05) is 23.7 Å². The fraction of sp³-hybridized carbons (Fsp3) is 0.533. The first-order valence-electron chi connectivity index (χ1n) is 6.95. The van der Waals surface area contributed by atoms with Crippen LogP contribution in [0.1, 0.15) is 12.0 Å². The maximum atomic E-state index is 12.3. The molecule has 2 saturated heterocycles. The molecule has 3 rings (SSSR count). The lowest BCUT2D eigenvalue weighted by molar-refractivity contribution is -0.132. The number of hydrogen-bond donors (Lipinski definition) is 1. The van der Waals surface area contributed by atoms with Gasteiger partial charge < -0.3 is 10.2 Å². The molecule has 2 atom stereocenters. The normalized spacial score (nSPS) is 24.9. The zero-order valence-electron chi connectivity index (χ0n) is 11.3. The second kappa shape index (κ2) is 6.79. The quantitative estimate of drug-likeness (QED) is 0.909. The molecule has 2 unspecified atom stereocenters. The summed E-state index contributed by atoms with van der Waals surface area (Å²) in [4.78, 5) is 14.4. The summed E-state index contributed by atoms with van der Waals surface area (Å²) in [5, 5.41) is 4.12. The van der Waals surface area contributed by atoms with Crippen molar-refractivity contribution in [3.63, 3.8) is 0 Å². The first kappa shape index (κ1) is 15.6. The summed E-state index contributed by atoms with van der Waals surface area (Å²) < 4.78 is 0. The number of nitrogens with one attached hydrogen (secondary N) is 1. The summed E-state index contributed by atoms with van der Waals surface area (Å²) in [6.07, 6.45) is 1.60. The SMILES string of the molecule is Cl.O=C(Cc1cccc(Cl)c1)N1CCC2CNCC2C1. The van der Waals surface area contributed by atoms with E-state index in [1.54, 1.807) is 0 Å². The Morgan fingerprint density at radius 3 is 2.95 bits per heavy atom.